The molecule has 4 aliphatic carbocycles. The molecular weight excluding hydrogens is 240 g/mol. The van der Waals surface area contributed by atoms with E-state index in [1.54, 1.807) is 0 Å². The van der Waals surface area contributed by atoms with Gasteiger partial charge in [0.15, 0.2) is 0 Å². The van der Waals surface area contributed by atoms with Crippen LogP contribution in [0.25, 0.3) is 0 Å². The Labute approximate surface area is 114 Å². The third-order valence-electron chi connectivity index (χ3n) is 5.92. The number of hydrogen-bond acceptors (Lipinski definition) is 3. The van der Waals surface area contributed by atoms with E-state index in [0.29, 0.717) is 19.6 Å². The smallest absolute Gasteiger partial charge is 0.243 e. The topological polar surface area (TPSA) is 64.4 Å². The van der Waals surface area contributed by atoms with Gasteiger partial charge in [-0.2, -0.15) is 0 Å². The lowest BCUT2D eigenvalue weighted by molar-refractivity contribution is -0.132. The first kappa shape index (κ1) is 12.2. The molecule has 5 fully saturated rings. The van der Waals surface area contributed by atoms with Crippen LogP contribution in [0.5, 0.6) is 0 Å². The predicted octanol–water partition coefficient (Wildman–Crippen LogP) is 1.19. The van der Waals surface area contributed by atoms with Crippen LogP contribution in [-0.2, 0) is 9.53 Å². The zero-order valence-electron chi connectivity index (χ0n) is 11.5. The average molecular weight is 264 g/mol. The first-order chi connectivity index (χ1) is 9.07. The van der Waals surface area contributed by atoms with Gasteiger partial charge in [0.05, 0.1) is 6.61 Å². The van der Waals surface area contributed by atoms with E-state index in [4.69, 9.17) is 10.5 Å². The number of carbonyl (C=O) groups excluding carboxylic acids is 1. The third-order valence-corrected chi connectivity index (χ3v) is 5.92. The Balaban J connectivity index is 1.51. The molecule has 1 unspecified atom stereocenters. The molecule has 4 heteroatoms. The minimum absolute atomic E-state index is 0.0342. The van der Waals surface area contributed by atoms with Crippen molar-refractivity contribution < 1.29 is 9.53 Å². The highest BCUT2D eigenvalue weighted by Gasteiger charge is 2.53. The Kier molecular flexibility index (Phi) is 2.53. The molecule has 3 N–H and O–H groups in total. The predicted molar refractivity (Wildman–Crippen MR) is 71.4 cm³/mol. The zero-order valence-corrected chi connectivity index (χ0v) is 11.5. The fourth-order valence-electron chi connectivity index (χ4n) is 5.39. The Morgan fingerprint density at radius 2 is 1.68 bits per heavy atom. The second-order valence-corrected chi connectivity index (χ2v) is 7.61. The fourth-order valence-corrected chi connectivity index (χ4v) is 5.39. The van der Waals surface area contributed by atoms with Crippen molar-refractivity contribution >= 4 is 5.91 Å². The molecule has 5 rings (SSSR count). The number of nitrogens with one attached hydrogen (secondary N) is 1. The third kappa shape index (κ3) is 1.91. The van der Waals surface area contributed by atoms with E-state index >= 15 is 0 Å². The summed E-state index contributed by atoms with van der Waals surface area (Å²) in [6.45, 7) is 0.996. The summed E-state index contributed by atoms with van der Waals surface area (Å²) < 4.78 is 5.32. The van der Waals surface area contributed by atoms with E-state index in [-0.39, 0.29) is 11.4 Å². The highest BCUT2D eigenvalue weighted by Crippen LogP contribution is 2.55. The number of rotatable bonds is 2. The average Bonchev–Trinajstić information content (AvgIpc) is 2.75. The van der Waals surface area contributed by atoms with Gasteiger partial charge in [-0.1, -0.05) is 0 Å². The first-order valence-electron chi connectivity index (χ1n) is 7.76. The number of amides is 1. The Morgan fingerprint density at radius 3 is 2.16 bits per heavy atom. The fraction of sp³-hybridized carbons (Fsp3) is 0.933. The van der Waals surface area contributed by atoms with Crippen LogP contribution in [0, 0.1) is 17.8 Å². The van der Waals surface area contributed by atoms with Gasteiger partial charge < -0.3 is 15.8 Å². The van der Waals surface area contributed by atoms with Crippen molar-refractivity contribution in [1.82, 2.24) is 5.32 Å². The molecule has 4 bridgehead atoms. The molecule has 4 saturated carbocycles. The van der Waals surface area contributed by atoms with Crippen LogP contribution >= 0.6 is 0 Å². The summed E-state index contributed by atoms with van der Waals surface area (Å²) in [6.07, 6.45) is 8.39. The van der Waals surface area contributed by atoms with E-state index in [2.05, 4.69) is 5.32 Å². The summed E-state index contributed by atoms with van der Waals surface area (Å²) in [5.41, 5.74) is 5.49. The van der Waals surface area contributed by atoms with E-state index in [0.717, 1.165) is 17.8 Å². The molecule has 4 nitrogen and oxygen atoms in total. The van der Waals surface area contributed by atoms with Crippen molar-refractivity contribution in [1.29, 1.82) is 0 Å². The minimum atomic E-state index is -0.774. The van der Waals surface area contributed by atoms with Crippen molar-refractivity contribution in [3.8, 4) is 0 Å². The molecule has 0 aromatic carbocycles. The van der Waals surface area contributed by atoms with Crippen LogP contribution in [0.3, 0.4) is 0 Å². The summed E-state index contributed by atoms with van der Waals surface area (Å²) in [4.78, 5) is 12.5. The Hall–Kier alpha value is -0.610. The quantitative estimate of drug-likeness (QED) is 0.787. The van der Waals surface area contributed by atoms with E-state index in [1.807, 2.05) is 0 Å². The molecule has 5 aliphatic rings. The van der Waals surface area contributed by atoms with Gasteiger partial charge in [-0.3, -0.25) is 4.79 Å². The van der Waals surface area contributed by atoms with Gasteiger partial charge in [0, 0.05) is 12.1 Å². The van der Waals surface area contributed by atoms with Gasteiger partial charge >= 0.3 is 0 Å². The maximum Gasteiger partial charge on any atom is 0.243 e. The van der Waals surface area contributed by atoms with Crippen LogP contribution < -0.4 is 11.1 Å². The largest absolute Gasteiger partial charge is 0.379 e. The van der Waals surface area contributed by atoms with Crippen LogP contribution in [0.1, 0.15) is 44.9 Å². The standard InChI is InChI=1S/C15H24N2O2/c16-15(1-2-19-9-15)13(18)17-14-6-10-3-11(7-14)5-12(4-10)8-14/h10-12H,1-9,16H2,(H,17,18). The maximum absolute atomic E-state index is 12.5. The first-order valence-corrected chi connectivity index (χ1v) is 7.76. The van der Waals surface area contributed by atoms with Crippen molar-refractivity contribution in [3.05, 3.63) is 0 Å². The van der Waals surface area contributed by atoms with Gasteiger partial charge in [-0.15, -0.1) is 0 Å². The second kappa shape index (κ2) is 3.95. The molecule has 106 valence electrons. The highest BCUT2D eigenvalue weighted by atomic mass is 16.5. The van der Waals surface area contributed by atoms with E-state index in [1.165, 1.54) is 38.5 Å². The van der Waals surface area contributed by atoms with Crippen LogP contribution in [0.15, 0.2) is 0 Å². The van der Waals surface area contributed by atoms with Crippen molar-refractivity contribution in [2.75, 3.05) is 13.2 Å². The normalized spacial score (nSPS) is 51.5. The van der Waals surface area contributed by atoms with Crippen molar-refractivity contribution in [2.45, 2.75) is 56.0 Å². The summed E-state index contributed by atoms with van der Waals surface area (Å²) in [5, 5.41) is 3.36. The molecule has 0 aromatic heterocycles. The van der Waals surface area contributed by atoms with Crippen LogP contribution in [0.2, 0.25) is 0 Å². The molecule has 1 saturated heterocycles. The van der Waals surface area contributed by atoms with E-state index in [9.17, 15) is 4.79 Å². The van der Waals surface area contributed by atoms with Crippen LogP contribution in [0.4, 0.5) is 0 Å². The van der Waals surface area contributed by atoms with E-state index < -0.39 is 5.54 Å². The molecule has 0 radical (unpaired) electrons. The molecule has 0 spiro atoms. The number of hydrogen-bond donors (Lipinski definition) is 2. The Morgan fingerprint density at radius 1 is 1.11 bits per heavy atom. The van der Waals surface area contributed by atoms with Gasteiger partial charge in [-0.05, 0) is 62.7 Å². The van der Waals surface area contributed by atoms with Crippen molar-refractivity contribution in [3.63, 3.8) is 0 Å². The number of ether oxygens (including phenoxy) is 1. The Bertz CT molecular complexity index is 366. The molecule has 19 heavy (non-hydrogen) atoms. The lowest BCUT2D eigenvalue weighted by atomic mass is 9.53. The SMILES string of the molecule is NC1(C(=O)NC23CC4CC(CC(C4)C2)C3)CCOC1. The molecule has 1 amide bonds. The number of nitrogens with two attached hydrogens (primary N) is 1. The minimum Gasteiger partial charge on any atom is -0.379 e. The zero-order chi connectivity index (χ0) is 13.1. The number of carbonyl (C=O) groups is 1. The van der Waals surface area contributed by atoms with Gasteiger partial charge in [0.1, 0.15) is 5.54 Å². The summed E-state index contributed by atoms with van der Waals surface area (Å²) in [7, 11) is 0. The summed E-state index contributed by atoms with van der Waals surface area (Å²) in [6, 6.07) is 0. The molecule has 1 atom stereocenters. The van der Waals surface area contributed by atoms with Crippen molar-refractivity contribution in [2.24, 2.45) is 23.5 Å². The lowest BCUT2D eigenvalue weighted by Gasteiger charge is -2.57. The van der Waals surface area contributed by atoms with Gasteiger partial charge in [0.25, 0.3) is 0 Å². The highest BCUT2D eigenvalue weighted by molar-refractivity contribution is 5.87. The van der Waals surface area contributed by atoms with Gasteiger partial charge in [0.2, 0.25) is 5.91 Å². The molecule has 0 aromatic rings. The van der Waals surface area contributed by atoms with Crippen LogP contribution in [-0.4, -0.2) is 30.2 Å². The monoisotopic (exact) mass is 264 g/mol. The second-order valence-electron chi connectivity index (χ2n) is 7.61. The molecular formula is C15H24N2O2. The van der Waals surface area contributed by atoms with Gasteiger partial charge in [-0.25, -0.2) is 0 Å². The maximum atomic E-state index is 12.5. The summed E-state index contributed by atoms with van der Waals surface area (Å²) in [5.74, 6) is 2.58. The lowest BCUT2D eigenvalue weighted by Crippen LogP contribution is -2.65. The molecule has 1 aliphatic heterocycles. The summed E-state index contributed by atoms with van der Waals surface area (Å²) >= 11 is 0. The molecule has 1 heterocycles.